The lowest BCUT2D eigenvalue weighted by atomic mass is 9.89. The molecule has 5 rings (SSSR count). The summed E-state index contributed by atoms with van der Waals surface area (Å²) in [5.74, 6) is 1.16. The van der Waals surface area contributed by atoms with Crippen molar-refractivity contribution >= 4 is 22.8 Å². The average molecular weight is 433 g/mol. The van der Waals surface area contributed by atoms with Crippen LogP contribution in [0.1, 0.15) is 36.1 Å². The Morgan fingerprint density at radius 3 is 2.69 bits per heavy atom. The van der Waals surface area contributed by atoms with Gasteiger partial charge in [0.1, 0.15) is 18.2 Å². The SMILES string of the molecule is Nc1ncnc2nc([C@H]3CN(C(=O)CN4CCC(c5ccccc5)CC4)CCO3)ccc12. The predicted molar refractivity (Wildman–Crippen MR) is 122 cm³/mol. The number of ether oxygens (including phenoxy) is 1. The van der Waals surface area contributed by atoms with Crippen molar-refractivity contribution in [2.45, 2.75) is 24.9 Å². The van der Waals surface area contributed by atoms with Crippen LogP contribution in [-0.4, -0.2) is 70.0 Å². The number of pyridine rings is 1. The number of likely N-dealkylation sites (tertiary alicyclic amines) is 1. The van der Waals surface area contributed by atoms with Gasteiger partial charge >= 0.3 is 0 Å². The van der Waals surface area contributed by atoms with Crippen LogP contribution in [-0.2, 0) is 9.53 Å². The maximum atomic E-state index is 13.0. The molecule has 0 spiro atoms. The van der Waals surface area contributed by atoms with Crippen LogP contribution in [0.15, 0.2) is 48.8 Å². The molecule has 166 valence electrons. The van der Waals surface area contributed by atoms with E-state index in [1.807, 2.05) is 17.0 Å². The van der Waals surface area contributed by atoms with Gasteiger partial charge in [0.05, 0.1) is 30.8 Å². The van der Waals surface area contributed by atoms with Crippen molar-refractivity contribution in [3.05, 3.63) is 60.0 Å². The molecule has 0 saturated carbocycles. The molecule has 2 aliphatic rings. The van der Waals surface area contributed by atoms with Crippen LogP contribution in [0.3, 0.4) is 0 Å². The molecule has 2 aromatic heterocycles. The smallest absolute Gasteiger partial charge is 0.236 e. The number of hydrogen-bond donors (Lipinski definition) is 1. The van der Waals surface area contributed by atoms with Crippen molar-refractivity contribution in [1.82, 2.24) is 24.8 Å². The van der Waals surface area contributed by atoms with Crippen LogP contribution in [0.5, 0.6) is 0 Å². The first-order valence-corrected chi connectivity index (χ1v) is 11.2. The van der Waals surface area contributed by atoms with Crippen LogP contribution in [0, 0.1) is 0 Å². The quantitative estimate of drug-likeness (QED) is 0.676. The number of carbonyl (C=O) groups excluding carboxylic acids is 1. The molecule has 1 aromatic carbocycles. The number of nitrogen functional groups attached to an aromatic ring is 1. The molecule has 2 N–H and O–H groups in total. The molecule has 3 aromatic rings. The number of nitrogens with zero attached hydrogens (tertiary/aromatic N) is 5. The Morgan fingerprint density at radius 1 is 1.06 bits per heavy atom. The first kappa shape index (κ1) is 20.8. The van der Waals surface area contributed by atoms with Crippen molar-refractivity contribution in [3.63, 3.8) is 0 Å². The van der Waals surface area contributed by atoms with E-state index in [2.05, 4.69) is 50.2 Å². The number of carbonyl (C=O) groups is 1. The second kappa shape index (κ2) is 9.18. The monoisotopic (exact) mass is 432 g/mol. The first-order chi connectivity index (χ1) is 15.7. The molecule has 2 saturated heterocycles. The summed E-state index contributed by atoms with van der Waals surface area (Å²) in [6, 6.07) is 14.4. The van der Waals surface area contributed by atoms with Gasteiger partial charge in [-0.2, -0.15) is 0 Å². The molecule has 1 atom stereocenters. The fourth-order valence-electron chi connectivity index (χ4n) is 4.65. The molecule has 2 aliphatic heterocycles. The van der Waals surface area contributed by atoms with E-state index in [0.29, 0.717) is 43.6 Å². The zero-order valence-corrected chi connectivity index (χ0v) is 18.1. The largest absolute Gasteiger partial charge is 0.383 e. The van der Waals surface area contributed by atoms with Gasteiger partial charge in [-0.15, -0.1) is 0 Å². The topological polar surface area (TPSA) is 97.5 Å². The average Bonchev–Trinajstić information content (AvgIpc) is 2.85. The highest BCUT2D eigenvalue weighted by Crippen LogP contribution is 2.28. The van der Waals surface area contributed by atoms with Gasteiger partial charge in [-0.25, -0.2) is 15.0 Å². The Morgan fingerprint density at radius 2 is 1.88 bits per heavy atom. The molecule has 8 heteroatoms. The van der Waals surface area contributed by atoms with Crippen LogP contribution in [0.2, 0.25) is 0 Å². The standard InChI is InChI=1S/C24H28N6O2/c25-23-19-6-7-20(28-24(19)27-16-26-23)21-14-30(12-13-32-21)22(31)15-29-10-8-18(9-11-29)17-4-2-1-3-5-17/h1-7,16,18,21H,8-15H2,(H2,25,26,27,28)/t21-/m1/s1. The summed E-state index contributed by atoms with van der Waals surface area (Å²) in [5.41, 5.74) is 8.61. The molecule has 1 amide bonds. The second-order valence-electron chi connectivity index (χ2n) is 8.53. The Bertz CT molecular complexity index is 1080. The summed E-state index contributed by atoms with van der Waals surface area (Å²) in [6.45, 7) is 3.97. The number of rotatable bonds is 4. The number of amides is 1. The van der Waals surface area contributed by atoms with E-state index in [-0.39, 0.29) is 12.0 Å². The third-order valence-corrected chi connectivity index (χ3v) is 6.52. The minimum Gasteiger partial charge on any atom is -0.383 e. The van der Waals surface area contributed by atoms with Crippen molar-refractivity contribution in [2.24, 2.45) is 0 Å². The van der Waals surface area contributed by atoms with Gasteiger partial charge in [0, 0.05) is 6.54 Å². The zero-order chi connectivity index (χ0) is 21.9. The number of hydrogen-bond acceptors (Lipinski definition) is 7. The van der Waals surface area contributed by atoms with E-state index in [1.165, 1.54) is 11.9 Å². The Balaban J connectivity index is 1.18. The van der Waals surface area contributed by atoms with E-state index in [1.54, 1.807) is 0 Å². The van der Waals surface area contributed by atoms with Gasteiger partial charge in [0.15, 0.2) is 5.65 Å². The van der Waals surface area contributed by atoms with Crippen molar-refractivity contribution in [3.8, 4) is 0 Å². The fourth-order valence-corrected chi connectivity index (χ4v) is 4.65. The summed E-state index contributed by atoms with van der Waals surface area (Å²) in [4.78, 5) is 30.0. The van der Waals surface area contributed by atoms with E-state index in [4.69, 9.17) is 10.5 Å². The summed E-state index contributed by atoms with van der Waals surface area (Å²) in [5, 5.41) is 0.721. The van der Waals surface area contributed by atoms with E-state index in [0.717, 1.165) is 37.0 Å². The maximum absolute atomic E-state index is 13.0. The maximum Gasteiger partial charge on any atom is 0.236 e. The number of anilines is 1. The molecule has 4 heterocycles. The first-order valence-electron chi connectivity index (χ1n) is 11.2. The summed E-state index contributed by atoms with van der Waals surface area (Å²) in [6.07, 6.45) is 3.33. The minimum absolute atomic E-state index is 0.156. The molecular weight excluding hydrogens is 404 g/mol. The van der Waals surface area contributed by atoms with Crippen LogP contribution in [0.25, 0.3) is 11.0 Å². The van der Waals surface area contributed by atoms with Gasteiger partial charge in [-0.05, 0) is 49.5 Å². The Kier molecular flexibility index (Phi) is 5.96. The number of benzene rings is 1. The summed E-state index contributed by atoms with van der Waals surface area (Å²) >= 11 is 0. The lowest BCUT2D eigenvalue weighted by molar-refractivity contribution is -0.140. The van der Waals surface area contributed by atoms with Crippen molar-refractivity contribution in [2.75, 3.05) is 45.1 Å². The van der Waals surface area contributed by atoms with Crippen LogP contribution >= 0.6 is 0 Å². The van der Waals surface area contributed by atoms with Gasteiger partial charge in [0.2, 0.25) is 5.91 Å². The summed E-state index contributed by atoms with van der Waals surface area (Å²) < 4.78 is 5.93. The number of nitrogens with two attached hydrogens (primary N) is 1. The van der Waals surface area contributed by atoms with Gasteiger partial charge in [-0.3, -0.25) is 9.69 Å². The Hall–Kier alpha value is -3.10. The van der Waals surface area contributed by atoms with Gasteiger partial charge in [-0.1, -0.05) is 30.3 Å². The lowest BCUT2D eigenvalue weighted by Crippen LogP contribution is -2.48. The van der Waals surface area contributed by atoms with E-state index in [9.17, 15) is 4.79 Å². The number of aromatic nitrogens is 3. The van der Waals surface area contributed by atoms with Crippen LogP contribution in [0.4, 0.5) is 5.82 Å². The van der Waals surface area contributed by atoms with Gasteiger partial charge in [0.25, 0.3) is 0 Å². The van der Waals surface area contributed by atoms with Crippen LogP contribution < -0.4 is 5.73 Å². The zero-order valence-electron chi connectivity index (χ0n) is 18.1. The number of fused-ring (bicyclic) bond motifs is 1. The molecule has 0 unspecified atom stereocenters. The second-order valence-corrected chi connectivity index (χ2v) is 8.53. The molecule has 0 bridgehead atoms. The third-order valence-electron chi connectivity index (χ3n) is 6.52. The minimum atomic E-state index is -0.267. The van der Waals surface area contributed by atoms with E-state index < -0.39 is 0 Å². The lowest BCUT2D eigenvalue weighted by Gasteiger charge is -2.36. The Labute approximate surface area is 187 Å². The third kappa shape index (κ3) is 4.42. The molecule has 8 nitrogen and oxygen atoms in total. The van der Waals surface area contributed by atoms with E-state index >= 15 is 0 Å². The van der Waals surface area contributed by atoms with Gasteiger partial charge < -0.3 is 15.4 Å². The molecule has 32 heavy (non-hydrogen) atoms. The number of morpholine rings is 1. The number of piperidine rings is 1. The van der Waals surface area contributed by atoms with Crippen molar-refractivity contribution < 1.29 is 9.53 Å². The molecule has 0 aliphatic carbocycles. The summed E-state index contributed by atoms with van der Waals surface area (Å²) in [7, 11) is 0. The molecular formula is C24H28N6O2. The fraction of sp³-hybridized carbons (Fsp3) is 0.417. The predicted octanol–water partition coefficient (Wildman–Crippen LogP) is 2.39. The van der Waals surface area contributed by atoms with Crippen molar-refractivity contribution in [1.29, 1.82) is 0 Å². The highest BCUT2D eigenvalue weighted by Gasteiger charge is 2.29. The molecule has 0 radical (unpaired) electrons. The normalized spacial score (nSPS) is 20.5. The highest BCUT2D eigenvalue weighted by molar-refractivity contribution is 5.84. The highest BCUT2D eigenvalue weighted by atomic mass is 16.5. The molecule has 2 fully saturated rings.